The molecule has 2 atom stereocenters. The first-order valence-electron chi connectivity index (χ1n) is 8.11. The summed E-state index contributed by atoms with van der Waals surface area (Å²) >= 11 is 0. The topological polar surface area (TPSA) is 54.1 Å². The smallest absolute Gasteiger partial charge is 0.186 e. The minimum Gasteiger partial charge on any atom is -0.383 e. The highest BCUT2D eigenvalue weighted by atomic mass is 16.5. The summed E-state index contributed by atoms with van der Waals surface area (Å²) in [6.07, 6.45) is 1.80. The molecule has 0 bridgehead atoms. The third kappa shape index (κ3) is 3.40. The summed E-state index contributed by atoms with van der Waals surface area (Å²) in [5.74, 6) is 0.0570. The molecule has 3 aromatic rings. The van der Waals surface area contributed by atoms with E-state index < -0.39 is 6.04 Å². The monoisotopic (exact) mass is 322 g/mol. The van der Waals surface area contributed by atoms with Crippen LogP contribution in [-0.2, 0) is 4.74 Å². The van der Waals surface area contributed by atoms with E-state index in [0.717, 1.165) is 16.5 Å². The van der Waals surface area contributed by atoms with Crippen LogP contribution in [0, 0.1) is 0 Å². The largest absolute Gasteiger partial charge is 0.383 e. The van der Waals surface area contributed by atoms with Crippen molar-refractivity contribution in [1.82, 2.24) is 10.3 Å². The Morgan fingerprint density at radius 3 is 2.58 bits per heavy atom. The molecular weight excluding hydrogens is 300 g/mol. The first-order chi connectivity index (χ1) is 11.7. The molecule has 1 heterocycles. The predicted molar refractivity (Wildman–Crippen MR) is 96.3 cm³/mol. The molecule has 0 saturated carbocycles. The number of hydrogen-bond acceptors (Lipinski definition) is 3. The molecule has 0 saturated heterocycles. The number of nitrogens with one attached hydrogen (secondary N) is 2. The zero-order valence-electron chi connectivity index (χ0n) is 14.0. The summed E-state index contributed by atoms with van der Waals surface area (Å²) < 4.78 is 5.20. The summed E-state index contributed by atoms with van der Waals surface area (Å²) in [5.41, 5.74) is 2.63. The normalized spacial score (nSPS) is 13.8. The molecule has 124 valence electrons. The van der Waals surface area contributed by atoms with Gasteiger partial charge in [-0.25, -0.2) is 0 Å². The molecule has 24 heavy (non-hydrogen) atoms. The molecule has 0 fully saturated rings. The van der Waals surface area contributed by atoms with Crippen LogP contribution in [0.15, 0.2) is 60.8 Å². The summed E-state index contributed by atoms with van der Waals surface area (Å²) in [4.78, 5) is 16.4. The van der Waals surface area contributed by atoms with Crippen molar-refractivity contribution < 1.29 is 9.53 Å². The molecule has 3 rings (SSSR count). The van der Waals surface area contributed by atoms with Gasteiger partial charge in [0.1, 0.15) is 0 Å². The van der Waals surface area contributed by atoms with Gasteiger partial charge >= 0.3 is 0 Å². The highest BCUT2D eigenvalue weighted by Crippen LogP contribution is 2.25. The van der Waals surface area contributed by atoms with Crippen molar-refractivity contribution in [1.29, 1.82) is 0 Å². The Balaban J connectivity index is 1.96. The number of aromatic amines is 1. The molecule has 4 heteroatoms. The van der Waals surface area contributed by atoms with Crippen molar-refractivity contribution in [3.8, 4) is 0 Å². The van der Waals surface area contributed by atoms with Gasteiger partial charge in [-0.3, -0.25) is 10.1 Å². The van der Waals surface area contributed by atoms with E-state index in [4.69, 9.17) is 4.74 Å². The van der Waals surface area contributed by atoms with E-state index in [2.05, 4.69) is 10.3 Å². The van der Waals surface area contributed by atoms with Crippen LogP contribution in [0.4, 0.5) is 0 Å². The second-order valence-corrected chi connectivity index (χ2v) is 5.98. The van der Waals surface area contributed by atoms with Gasteiger partial charge in [-0.05, 0) is 18.6 Å². The lowest BCUT2D eigenvalue weighted by Crippen LogP contribution is -2.37. The molecular formula is C20H22N2O2. The molecule has 0 radical (unpaired) electrons. The molecule has 0 aliphatic rings. The van der Waals surface area contributed by atoms with Crippen LogP contribution in [0.2, 0.25) is 0 Å². The second-order valence-electron chi connectivity index (χ2n) is 5.98. The van der Waals surface area contributed by atoms with Crippen molar-refractivity contribution in [3.63, 3.8) is 0 Å². The fourth-order valence-corrected chi connectivity index (χ4v) is 2.98. The number of carbonyl (C=O) groups excluding carboxylic acids is 1. The zero-order valence-corrected chi connectivity index (χ0v) is 14.0. The van der Waals surface area contributed by atoms with E-state index in [0.29, 0.717) is 12.2 Å². The van der Waals surface area contributed by atoms with Gasteiger partial charge in [-0.1, -0.05) is 48.5 Å². The van der Waals surface area contributed by atoms with Crippen molar-refractivity contribution in [2.24, 2.45) is 0 Å². The Hall–Kier alpha value is -2.43. The number of ether oxygens (including phenoxy) is 1. The highest BCUT2D eigenvalue weighted by molar-refractivity contribution is 6.10. The predicted octanol–water partition coefficient (Wildman–Crippen LogP) is 3.72. The zero-order chi connectivity index (χ0) is 16.9. The average molecular weight is 322 g/mol. The summed E-state index contributed by atoms with van der Waals surface area (Å²) in [6, 6.07) is 17.3. The van der Waals surface area contributed by atoms with Crippen LogP contribution in [0.25, 0.3) is 10.9 Å². The Kier molecular flexibility index (Phi) is 5.08. The van der Waals surface area contributed by atoms with Crippen molar-refractivity contribution in [2.75, 3.05) is 13.7 Å². The van der Waals surface area contributed by atoms with Crippen LogP contribution < -0.4 is 5.32 Å². The standard InChI is InChI=1S/C20H22N2O2/c1-14(13-24-2)22-19(15-8-4-3-5-9-15)20(23)17-12-21-18-11-7-6-10-16(17)18/h3-12,14,19,21-22H,13H2,1-2H3/t14-,19+/m1/s1. The van der Waals surface area contributed by atoms with Gasteiger partial charge in [-0.2, -0.15) is 0 Å². The Labute approximate surface area is 141 Å². The fourth-order valence-electron chi connectivity index (χ4n) is 2.98. The summed E-state index contributed by atoms with van der Waals surface area (Å²) in [7, 11) is 1.66. The van der Waals surface area contributed by atoms with Gasteiger partial charge in [0.05, 0.1) is 12.6 Å². The first-order valence-corrected chi connectivity index (χ1v) is 8.11. The molecule has 0 spiro atoms. The van der Waals surface area contributed by atoms with Gasteiger partial charge in [0.25, 0.3) is 0 Å². The number of para-hydroxylation sites is 1. The molecule has 0 aliphatic heterocycles. The van der Waals surface area contributed by atoms with Gasteiger partial charge in [0.15, 0.2) is 5.78 Å². The molecule has 0 amide bonds. The number of benzene rings is 2. The Morgan fingerprint density at radius 1 is 1.12 bits per heavy atom. The van der Waals surface area contributed by atoms with E-state index in [-0.39, 0.29) is 11.8 Å². The molecule has 2 aromatic carbocycles. The average Bonchev–Trinajstić information content (AvgIpc) is 3.04. The minimum absolute atomic E-state index is 0.0570. The third-order valence-corrected chi connectivity index (χ3v) is 4.12. The second kappa shape index (κ2) is 7.43. The highest BCUT2D eigenvalue weighted by Gasteiger charge is 2.25. The maximum absolute atomic E-state index is 13.2. The van der Waals surface area contributed by atoms with E-state index >= 15 is 0 Å². The number of Topliss-reactive ketones (excluding diaryl/α,β-unsaturated/α-hetero) is 1. The fraction of sp³-hybridized carbons (Fsp3) is 0.250. The quantitative estimate of drug-likeness (QED) is 0.652. The summed E-state index contributed by atoms with van der Waals surface area (Å²) in [5, 5.41) is 4.35. The van der Waals surface area contributed by atoms with Crippen LogP contribution in [0.3, 0.4) is 0 Å². The van der Waals surface area contributed by atoms with Crippen LogP contribution in [-0.4, -0.2) is 30.5 Å². The van der Waals surface area contributed by atoms with Crippen LogP contribution in [0.1, 0.15) is 28.9 Å². The number of fused-ring (bicyclic) bond motifs is 1. The van der Waals surface area contributed by atoms with Crippen LogP contribution in [0.5, 0.6) is 0 Å². The summed E-state index contributed by atoms with van der Waals surface area (Å²) in [6.45, 7) is 2.56. The Bertz CT molecular complexity index is 811. The number of H-pyrrole nitrogens is 1. The van der Waals surface area contributed by atoms with Crippen molar-refractivity contribution >= 4 is 16.7 Å². The van der Waals surface area contributed by atoms with Gasteiger partial charge in [0, 0.05) is 35.8 Å². The van der Waals surface area contributed by atoms with Gasteiger partial charge in [0.2, 0.25) is 0 Å². The number of rotatable bonds is 7. The molecule has 2 N–H and O–H groups in total. The van der Waals surface area contributed by atoms with Gasteiger partial charge < -0.3 is 9.72 Å². The first kappa shape index (κ1) is 16.4. The lowest BCUT2D eigenvalue weighted by Gasteiger charge is -2.22. The minimum atomic E-state index is -0.407. The number of carbonyl (C=O) groups is 1. The molecule has 4 nitrogen and oxygen atoms in total. The van der Waals surface area contributed by atoms with E-state index in [1.165, 1.54) is 0 Å². The SMILES string of the molecule is COC[C@@H](C)N[C@H](C(=O)c1c[nH]c2ccccc12)c1ccccc1. The lowest BCUT2D eigenvalue weighted by molar-refractivity contribution is 0.0922. The molecule has 0 aliphatic carbocycles. The maximum Gasteiger partial charge on any atom is 0.186 e. The van der Waals surface area contributed by atoms with Crippen LogP contribution >= 0.6 is 0 Å². The Morgan fingerprint density at radius 2 is 1.83 bits per heavy atom. The van der Waals surface area contributed by atoms with Crippen molar-refractivity contribution in [2.45, 2.75) is 19.0 Å². The van der Waals surface area contributed by atoms with E-state index in [1.807, 2.05) is 61.5 Å². The number of methoxy groups -OCH3 is 1. The number of aromatic nitrogens is 1. The third-order valence-electron chi connectivity index (χ3n) is 4.12. The molecule has 0 unspecified atom stereocenters. The van der Waals surface area contributed by atoms with Crippen molar-refractivity contribution in [3.05, 3.63) is 71.9 Å². The van der Waals surface area contributed by atoms with Gasteiger partial charge in [-0.15, -0.1) is 0 Å². The number of ketones is 1. The molecule has 1 aromatic heterocycles. The lowest BCUT2D eigenvalue weighted by atomic mass is 9.96. The van der Waals surface area contributed by atoms with E-state index in [1.54, 1.807) is 13.3 Å². The number of hydrogen-bond donors (Lipinski definition) is 2. The maximum atomic E-state index is 13.2. The van der Waals surface area contributed by atoms with E-state index in [9.17, 15) is 4.79 Å².